The smallest absolute Gasteiger partial charge is 0.317 e. The first kappa shape index (κ1) is 32.6. The average Bonchev–Trinajstić information content (AvgIpc) is 2.77. The van der Waals surface area contributed by atoms with Gasteiger partial charge in [0.1, 0.15) is 12.1 Å². The van der Waals surface area contributed by atoms with Crippen LogP contribution < -0.4 is 0 Å². The molecule has 1 heterocycles. The Bertz CT molecular complexity index is 629. The van der Waals surface area contributed by atoms with Crippen LogP contribution in [0.5, 0.6) is 0 Å². The molecule has 0 aromatic carbocycles. The Kier molecular flexibility index (Phi) is 17.6. The minimum atomic E-state index is -0.895. The lowest BCUT2D eigenvalue weighted by Crippen LogP contribution is -2.49. The second kappa shape index (κ2) is 18.9. The van der Waals surface area contributed by atoms with Crippen molar-refractivity contribution < 1.29 is 39.3 Å². The van der Waals surface area contributed by atoms with Crippen LogP contribution in [0.15, 0.2) is 0 Å². The number of rotatable bonds is 11. The summed E-state index contributed by atoms with van der Waals surface area (Å²) in [6, 6.07) is 0.116. The van der Waals surface area contributed by atoms with Crippen LogP contribution in [-0.4, -0.2) is 143 Å². The maximum absolute atomic E-state index is 12.1. The molecule has 3 N–H and O–H groups in total. The molecule has 1 atom stereocenters. The molecule has 202 valence electrons. The largest absolute Gasteiger partial charge is 0.483 e. The standard InChI is InChI=1S/C22H40N4O6.CH2O2/c1-18(2)20(28)5-4-19(3)26-12-10-24(16-21(29)30)8-6-23(14-15-27)7-9-25(11-13-26)17-22(31)32;2-1-3/h15,18-19H,4-14,16-17H2,1-3H3,(H,29,30)(H,31,32);1H,(H,2,3). The van der Waals surface area contributed by atoms with E-state index in [1.54, 1.807) is 0 Å². The summed E-state index contributed by atoms with van der Waals surface area (Å²) in [6.07, 6.45) is 2.02. The lowest BCUT2D eigenvalue weighted by Gasteiger charge is -2.35. The van der Waals surface area contributed by atoms with Gasteiger partial charge in [0, 0.05) is 70.7 Å². The van der Waals surface area contributed by atoms with Crippen molar-refractivity contribution >= 4 is 30.5 Å². The van der Waals surface area contributed by atoms with Crippen molar-refractivity contribution in [1.82, 2.24) is 19.6 Å². The van der Waals surface area contributed by atoms with E-state index in [1.165, 1.54) is 0 Å². The molecule has 0 saturated carbocycles. The van der Waals surface area contributed by atoms with Crippen molar-refractivity contribution in [2.75, 3.05) is 72.0 Å². The Balaban J connectivity index is 0.00000365. The van der Waals surface area contributed by atoms with Crippen LogP contribution in [0.4, 0.5) is 0 Å². The third-order valence-electron chi connectivity index (χ3n) is 6.00. The number of ketones is 1. The molecule has 1 aliphatic heterocycles. The van der Waals surface area contributed by atoms with Crippen molar-refractivity contribution in [3.05, 3.63) is 0 Å². The number of carbonyl (C=O) groups is 5. The van der Waals surface area contributed by atoms with Crippen molar-refractivity contribution in [3.63, 3.8) is 0 Å². The molecule has 0 aliphatic carbocycles. The molecule has 0 aromatic heterocycles. The van der Waals surface area contributed by atoms with Crippen LogP contribution in [0, 0.1) is 5.92 Å². The van der Waals surface area contributed by atoms with Crippen molar-refractivity contribution in [2.45, 2.75) is 39.7 Å². The third-order valence-corrected chi connectivity index (χ3v) is 6.00. The van der Waals surface area contributed by atoms with E-state index in [-0.39, 0.29) is 43.8 Å². The first-order chi connectivity index (χ1) is 16.5. The fraction of sp³-hybridized carbons (Fsp3) is 0.783. The lowest BCUT2D eigenvalue weighted by atomic mass is 10.0. The predicted molar refractivity (Wildman–Crippen MR) is 129 cm³/mol. The number of nitrogens with zero attached hydrogens (tertiary/aromatic N) is 4. The van der Waals surface area contributed by atoms with Crippen LogP contribution >= 0.6 is 0 Å². The third kappa shape index (κ3) is 16.0. The van der Waals surface area contributed by atoms with Crippen LogP contribution in [0.2, 0.25) is 0 Å². The Morgan fingerprint density at radius 1 is 0.771 bits per heavy atom. The summed E-state index contributed by atoms with van der Waals surface area (Å²) in [5, 5.41) is 25.5. The van der Waals surface area contributed by atoms with Gasteiger partial charge in [0.25, 0.3) is 6.47 Å². The van der Waals surface area contributed by atoms with Gasteiger partial charge < -0.3 is 20.1 Å². The van der Waals surface area contributed by atoms with Crippen molar-refractivity contribution in [2.24, 2.45) is 5.92 Å². The maximum atomic E-state index is 12.1. The van der Waals surface area contributed by atoms with Gasteiger partial charge in [0.15, 0.2) is 0 Å². The quantitative estimate of drug-likeness (QED) is 0.316. The summed E-state index contributed by atoms with van der Waals surface area (Å²) >= 11 is 0. The van der Waals surface area contributed by atoms with Gasteiger partial charge in [0.05, 0.1) is 19.6 Å². The van der Waals surface area contributed by atoms with Crippen molar-refractivity contribution in [1.29, 1.82) is 0 Å². The summed E-state index contributed by atoms with van der Waals surface area (Å²) in [5.74, 6) is -1.57. The summed E-state index contributed by atoms with van der Waals surface area (Å²) in [4.78, 5) is 62.0. The molecule has 0 bridgehead atoms. The SMILES string of the molecule is CC(C)C(=O)CCC(C)N1CCN(CC(=O)O)CCN(CC=O)CCN(CC(=O)O)CC1.O=CO. The van der Waals surface area contributed by atoms with Crippen LogP contribution in [0.3, 0.4) is 0 Å². The van der Waals surface area contributed by atoms with E-state index in [4.69, 9.17) is 9.90 Å². The highest BCUT2D eigenvalue weighted by atomic mass is 16.4. The Labute approximate surface area is 207 Å². The number of aldehydes is 1. The van der Waals surface area contributed by atoms with E-state index in [2.05, 4.69) is 11.8 Å². The predicted octanol–water partition coefficient (Wildman–Crippen LogP) is -0.329. The van der Waals surface area contributed by atoms with Gasteiger partial charge in [-0.2, -0.15) is 0 Å². The second-order valence-electron chi connectivity index (χ2n) is 8.96. The molecule has 1 saturated heterocycles. The second-order valence-corrected chi connectivity index (χ2v) is 8.96. The highest BCUT2D eigenvalue weighted by Gasteiger charge is 2.22. The molecule has 1 rings (SSSR count). The van der Waals surface area contributed by atoms with E-state index >= 15 is 0 Å². The van der Waals surface area contributed by atoms with Gasteiger partial charge in [-0.05, 0) is 13.3 Å². The van der Waals surface area contributed by atoms with Crippen LogP contribution in [0.25, 0.3) is 0 Å². The molecule has 1 aliphatic rings. The molecule has 0 spiro atoms. The van der Waals surface area contributed by atoms with E-state index in [0.29, 0.717) is 65.2 Å². The number of carboxylic acids is 2. The molecule has 1 fully saturated rings. The van der Waals surface area contributed by atoms with Gasteiger partial charge in [0.2, 0.25) is 0 Å². The first-order valence-electron chi connectivity index (χ1n) is 11.9. The number of hydrogen-bond acceptors (Lipinski definition) is 9. The topological polar surface area (TPSA) is 159 Å². The minimum Gasteiger partial charge on any atom is -0.483 e. The van der Waals surface area contributed by atoms with Gasteiger partial charge in [-0.25, -0.2) is 0 Å². The fourth-order valence-corrected chi connectivity index (χ4v) is 3.80. The van der Waals surface area contributed by atoms with Crippen LogP contribution in [0.1, 0.15) is 33.6 Å². The van der Waals surface area contributed by atoms with Gasteiger partial charge in [-0.15, -0.1) is 0 Å². The number of Topliss-reactive ketones (excluding diaryl/α,β-unsaturated/α-hetero) is 1. The van der Waals surface area contributed by atoms with E-state index in [9.17, 15) is 29.4 Å². The number of hydrogen-bond donors (Lipinski definition) is 3. The zero-order valence-corrected chi connectivity index (χ0v) is 21.2. The molecular formula is C23H42N4O8. The lowest BCUT2D eigenvalue weighted by molar-refractivity contribution is -0.139. The highest BCUT2D eigenvalue weighted by molar-refractivity contribution is 5.80. The fourth-order valence-electron chi connectivity index (χ4n) is 3.80. The Morgan fingerprint density at radius 3 is 1.54 bits per heavy atom. The molecular weight excluding hydrogens is 460 g/mol. The van der Waals surface area contributed by atoms with E-state index < -0.39 is 11.9 Å². The Hall–Kier alpha value is -2.41. The molecule has 12 heteroatoms. The molecule has 0 aromatic rings. The molecule has 0 radical (unpaired) electrons. The monoisotopic (exact) mass is 502 g/mol. The van der Waals surface area contributed by atoms with Gasteiger partial charge in [-0.1, -0.05) is 13.8 Å². The first-order valence-corrected chi connectivity index (χ1v) is 11.9. The maximum Gasteiger partial charge on any atom is 0.317 e. The average molecular weight is 503 g/mol. The summed E-state index contributed by atoms with van der Waals surface area (Å²) in [7, 11) is 0. The Morgan fingerprint density at radius 2 is 1.17 bits per heavy atom. The zero-order valence-electron chi connectivity index (χ0n) is 21.2. The number of carbonyl (C=O) groups excluding carboxylic acids is 2. The van der Waals surface area contributed by atoms with E-state index in [1.807, 2.05) is 28.5 Å². The molecule has 1 unspecified atom stereocenters. The molecule has 12 nitrogen and oxygen atoms in total. The highest BCUT2D eigenvalue weighted by Crippen LogP contribution is 2.11. The summed E-state index contributed by atoms with van der Waals surface area (Å²) < 4.78 is 0. The van der Waals surface area contributed by atoms with Gasteiger partial charge >= 0.3 is 11.9 Å². The van der Waals surface area contributed by atoms with Crippen molar-refractivity contribution in [3.8, 4) is 0 Å². The van der Waals surface area contributed by atoms with E-state index in [0.717, 1.165) is 6.29 Å². The zero-order chi connectivity index (χ0) is 26.8. The van der Waals surface area contributed by atoms with Gasteiger partial charge in [-0.3, -0.25) is 38.8 Å². The summed E-state index contributed by atoms with van der Waals surface area (Å²) in [5.41, 5.74) is 0. The molecule has 0 amide bonds. The minimum absolute atomic E-state index is 0.0000592. The normalized spacial score (nSPS) is 18.4. The number of aliphatic carboxylic acids is 2. The van der Waals surface area contributed by atoms with Crippen LogP contribution in [-0.2, 0) is 24.0 Å². The molecule has 35 heavy (non-hydrogen) atoms. The summed E-state index contributed by atoms with van der Waals surface area (Å²) in [6.45, 7) is 10.1. The number of carboxylic acid groups (broad SMARTS) is 3.